The van der Waals surface area contributed by atoms with Crippen LogP contribution in [-0.2, 0) is 14.3 Å². The van der Waals surface area contributed by atoms with Gasteiger partial charge in [0.25, 0.3) is 6.29 Å². The van der Waals surface area contributed by atoms with Crippen molar-refractivity contribution < 1.29 is 19.1 Å². The molecule has 0 radical (unpaired) electrons. The van der Waals surface area contributed by atoms with Crippen LogP contribution in [0, 0.1) is 0 Å². The zero-order valence-corrected chi connectivity index (χ0v) is 15.4. The van der Waals surface area contributed by atoms with Crippen molar-refractivity contribution in [3.8, 4) is 0 Å². The number of ketones is 1. The van der Waals surface area contributed by atoms with Gasteiger partial charge in [-0.05, 0) is 12.1 Å². The fraction of sp³-hybridized carbons (Fsp3) is 0.0435. The minimum absolute atomic E-state index is 0.123. The molecule has 0 saturated heterocycles. The van der Waals surface area contributed by atoms with E-state index in [0.29, 0.717) is 21.7 Å². The van der Waals surface area contributed by atoms with E-state index < -0.39 is 18.0 Å². The van der Waals surface area contributed by atoms with Crippen molar-refractivity contribution in [3.63, 3.8) is 0 Å². The minimum atomic E-state index is -0.965. The van der Waals surface area contributed by atoms with Crippen LogP contribution in [0.2, 0.25) is 5.02 Å². The van der Waals surface area contributed by atoms with E-state index in [4.69, 9.17) is 21.1 Å². The molecule has 0 unspecified atom stereocenters. The van der Waals surface area contributed by atoms with E-state index in [1.54, 1.807) is 66.7 Å². The third-order valence-corrected chi connectivity index (χ3v) is 4.56. The van der Waals surface area contributed by atoms with Gasteiger partial charge in [0.05, 0.1) is 0 Å². The summed E-state index contributed by atoms with van der Waals surface area (Å²) in [5, 5.41) is 0.560. The van der Waals surface area contributed by atoms with Gasteiger partial charge in [-0.2, -0.15) is 0 Å². The molecule has 5 heteroatoms. The summed E-state index contributed by atoms with van der Waals surface area (Å²) in [5.41, 5.74) is 1.51. The van der Waals surface area contributed by atoms with E-state index in [1.807, 2.05) is 18.2 Å². The number of Topliss-reactive ketones (excluding diaryl/α,β-unsaturated/α-hetero) is 1. The Kier molecular flexibility index (Phi) is 4.96. The Bertz CT molecular complexity index is 1040. The van der Waals surface area contributed by atoms with Gasteiger partial charge < -0.3 is 9.47 Å². The topological polar surface area (TPSA) is 52.6 Å². The zero-order chi connectivity index (χ0) is 19.5. The summed E-state index contributed by atoms with van der Waals surface area (Å²) in [6.07, 6.45) is -0.965. The molecule has 1 atom stereocenters. The summed E-state index contributed by atoms with van der Waals surface area (Å²) < 4.78 is 11.4. The molecule has 138 valence electrons. The predicted octanol–water partition coefficient (Wildman–Crippen LogP) is 5.21. The van der Waals surface area contributed by atoms with Crippen LogP contribution in [0.3, 0.4) is 0 Å². The van der Waals surface area contributed by atoms with E-state index >= 15 is 0 Å². The summed E-state index contributed by atoms with van der Waals surface area (Å²) in [4.78, 5) is 25.9. The van der Waals surface area contributed by atoms with Crippen LogP contribution in [0.1, 0.15) is 27.8 Å². The molecule has 0 aromatic heterocycles. The fourth-order valence-electron chi connectivity index (χ4n) is 2.93. The molecule has 3 aromatic carbocycles. The number of cyclic esters (lactones) is 1. The number of ether oxygens (including phenoxy) is 2. The Morgan fingerprint density at radius 1 is 0.786 bits per heavy atom. The number of esters is 1. The second kappa shape index (κ2) is 7.71. The summed E-state index contributed by atoms with van der Waals surface area (Å²) in [5.74, 6) is -0.969. The molecule has 0 saturated carbocycles. The molecule has 1 heterocycles. The van der Waals surface area contributed by atoms with Crippen molar-refractivity contribution in [3.05, 3.63) is 112 Å². The maximum atomic E-state index is 13.0. The average molecular weight is 391 g/mol. The highest BCUT2D eigenvalue weighted by Crippen LogP contribution is 2.36. The van der Waals surface area contributed by atoms with Crippen LogP contribution in [0.25, 0.3) is 5.76 Å². The van der Waals surface area contributed by atoms with Crippen molar-refractivity contribution in [2.45, 2.75) is 6.29 Å². The van der Waals surface area contributed by atoms with Crippen molar-refractivity contribution in [1.29, 1.82) is 0 Å². The van der Waals surface area contributed by atoms with E-state index in [9.17, 15) is 9.59 Å². The highest BCUT2D eigenvalue weighted by molar-refractivity contribution is 6.30. The van der Waals surface area contributed by atoms with Crippen molar-refractivity contribution >= 4 is 29.1 Å². The van der Waals surface area contributed by atoms with Gasteiger partial charge in [-0.15, -0.1) is 0 Å². The molecular weight excluding hydrogens is 376 g/mol. The lowest BCUT2D eigenvalue weighted by Crippen LogP contribution is -2.27. The summed E-state index contributed by atoms with van der Waals surface area (Å²) in [6.45, 7) is 0. The number of rotatable bonds is 4. The molecule has 0 bridgehead atoms. The van der Waals surface area contributed by atoms with E-state index in [-0.39, 0.29) is 11.3 Å². The quantitative estimate of drug-likeness (QED) is 0.349. The smallest absolute Gasteiger partial charge is 0.349 e. The molecule has 4 nitrogen and oxygen atoms in total. The first-order valence-corrected chi connectivity index (χ1v) is 9.04. The van der Waals surface area contributed by atoms with E-state index in [0.717, 1.165) is 0 Å². The number of carbonyl (C=O) groups is 2. The SMILES string of the molecule is O=C1O[C@H](c2ccc(Cl)cc2)OC(c2ccccc2)=C1C(=O)c1ccccc1. The molecule has 0 spiro atoms. The van der Waals surface area contributed by atoms with E-state index in [2.05, 4.69) is 0 Å². The van der Waals surface area contributed by atoms with Crippen molar-refractivity contribution in [2.75, 3.05) is 0 Å². The maximum Gasteiger partial charge on any atom is 0.349 e. The predicted molar refractivity (Wildman–Crippen MR) is 106 cm³/mol. The van der Waals surface area contributed by atoms with Crippen LogP contribution < -0.4 is 0 Å². The van der Waals surface area contributed by atoms with Crippen LogP contribution in [0.15, 0.2) is 90.5 Å². The van der Waals surface area contributed by atoms with Gasteiger partial charge >= 0.3 is 5.97 Å². The average Bonchev–Trinajstić information content (AvgIpc) is 2.74. The van der Waals surface area contributed by atoms with Crippen LogP contribution in [0.5, 0.6) is 0 Å². The lowest BCUT2D eigenvalue weighted by Gasteiger charge is -2.28. The minimum Gasteiger partial charge on any atom is -0.449 e. The standard InChI is InChI=1S/C23H15ClO4/c24-18-13-11-17(12-14-18)23-27-21(16-9-5-2-6-10-16)19(22(26)28-23)20(25)15-7-3-1-4-8-15/h1-14,23H/t23-/m1/s1. The molecule has 1 aliphatic rings. The molecule has 28 heavy (non-hydrogen) atoms. The Morgan fingerprint density at radius 2 is 1.39 bits per heavy atom. The molecule has 4 rings (SSSR count). The maximum absolute atomic E-state index is 13.0. The summed E-state index contributed by atoms with van der Waals surface area (Å²) in [7, 11) is 0. The number of hydrogen-bond donors (Lipinski definition) is 0. The zero-order valence-electron chi connectivity index (χ0n) is 14.7. The highest BCUT2D eigenvalue weighted by atomic mass is 35.5. The molecule has 0 fully saturated rings. The first-order chi connectivity index (χ1) is 13.6. The highest BCUT2D eigenvalue weighted by Gasteiger charge is 2.36. The normalized spacial score (nSPS) is 16.3. The number of hydrogen-bond acceptors (Lipinski definition) is 4. The Balaban J connectivity index is 1.80. The Hall–Kier alpha value is -3.37. The number of benzene rings is 3. The molecule has 0 aliphatic carbocycles. The molecule has 3 aromatic rings. The van der Waals surface area contributed by atoms with Gasteiger partial charge in [0.1, 0.15) is 5.76 Å². The van der Waals surface area contributed by atoms with Crippen LogP contribution in [-0.4, -0.2) is 11.8 Å². The monoisotopic (exact) mass is 390 g/mol. The Morgan fingerprint density at radius 3 is 2.04 bits per heavy atom. The van der Waals surface area contributed by atoms with Crippen LogP contribution in [0.4, 0.5) is 0 Å². The number of halogens is 1. The fourth-order valence-corrected chi connectivity index (χ4v) is 3.05. The van der Waals surface area contributed by atoms with Crippen LogP contribution >= 0.6 is 11.6 Å². The summed E-state index contributed by atoms with van der Waals surface area (Å²) in [6, 6.07) is 24.4. The summed E-state index contributed by atoms with van der Waals surface area (Å²) >= 11 is 5.93. The second-order valence-electron chi connectivity index (χ2n) is 6.17. The molecule has 0 N–H and O–H groups in total. The lowest BCUT2D eigenvalue weighted by atomic mass is 9.98. The van der Waals surface area contributed by atoms with Gasteiger partial charge in [0, 0.05) is 21.7 Å². The largest absolute Gasteiger partial charge is 0.449 e. The molecule has 1 aliphatic heterocycles. The van der Waals surface area contributed by atoms with Gasteiger partial charge in [0.15, 0.2) is 5.57 Å². The van der Waals surface area contributed by atoms with Crippen molar-refractivity contribution in [2.24, 2.45) is 0 Å². The van der Waals surface area contributed by atoms with Gasteiger partial charge in [-0.1, -0.05) is 84.4 Å². The van der Waals surface area contributed by atoms with Gasteiger partial charge in [0.2, 0.25) is 5.78 Å². The second-order valence-corrected chi connectivity index (χ2v) is 6.61. The van der Waals surface area contributed by atoms with Crippen molar-refractivity contribution in [1.82, 2.24) is 0 Å². The number of carbonyl (C=O) groups excluding carboxylic acids is 2. The Labute approximate surface area is 167 Å². The van der Waals surface area contributed by atoms with Gasteiger partial charge in [-0.25, -0.2) is 4.79 Å². The van der Waals surface area contributed by atoms with E-state index in [1.165, 1.54) is 0 Å². The lowest BCUT2D eigenvalue weighted by molar-refractivity contribution is -0.168. The third-order valence-electron chi connectivity index (χ3n) is 4.31. The first kappa shape index (κ1) is 18.0. The molecular formula is C23H15ClO4. The third kappa shape index (κ3) is 3.55. The molecule has 0 amide bonds. The van der Waals surface area contributed by atoms with Gasteiger partial charge in [-0.3, -0.25) is 4.79 Å². The first-order valence-electron chi connectivity index (χ1n) is 8.66.